The molecule has 1 aliphatic rings. The SMILES string of the molecule is COc1cc(Cl)cc2cc(C(=O)C3=C(O)C(=O)N(c4ccc(F)cc4)C3c3ccc(Cl)c(Cl)c3)oc12. The molecule has 10 heteroatoms. The maximum absolute atomic E-state index is 13.7. The van der Waals surface area contributed by atoms with E-state index in [1.807, 2.05) is 0 Å². The van der Waals surface area contributed by atoms with Crippen molar-refractivity contribution in [2.75, 3.05) is 12.0 Å². The van der Waals surface area contributed by atoms with Crippen LogP contribution in [-0.4, -0.2) is 23.9 Å². The number of hydrogen-bond donors (Lipinski definition) is 1. The van der Waals surface area contributed by atoms with Crippen molar-refractivity contribution in [2.24, 2.45) is 0 Å². The summed E-state index contributed by atoms with van der Waals surface area (Å²) in [6.07, 6.45) is 0. The zero-order valence-electron chi connectivity index (χ0n) is 18.4. The highest BCUT2D eigenvalue weighted by Gasteiger charge is 2.45. The summed E-state index contributed by atoms with van der Waals surface area (Å²) in [6, 6.07) is 13.1. The average Bonchev–Trinajstić information content (AvgIpc) is 3.39. The molecule has 182 valence electrons. The number of rotatable bonds is 5. The number of methoxy groups -OCH3 is 1. The number of anilines is 1. The molecule has 2 heterocycles. The van der Waals surface area contributed by atoms with Gasteiger partial charge in [0.25, 0.3) is 5.91 Å². The summed E-state index contributed by atoms with van der Waals surface area (Å²) in [6.45, 7) is 0. The molecule has 36 heavy (non-hydrogen) atoms. The van der Waals surface area contributed by atoms with E-state index in [2.05, 4.69) is 0 Å². The number of hydrogen-bond acceptors (Lipinski definition) is 5. The molecule has 3 aromatic carbocycles. The quantitative estimate of drug-likeness (QED) is 0.265. The van der Waals surface area contributed by atoms with Crippen LogP contribution in [0.3, 0.4) is 0 Å². The number of fused-ring (bicyclic) bond motifs is 1. The molecule has 1 atom stereocenters. The summed E-state index contributed by atoms with van der Waals surface area (Å²) in [7, 11) is 1.43. The second-order valence-electron chi connectivity index (χ2n) is 7.96. The van der Waals surface area contributed by atoms with Crippen molar-refractivity contribution >= 4 is 63.1 Å². The number of aliphatic hydroxyl groups excluding tert-OH is 1. The standard InChI is InChI=1S/C26H15Cl3FNO5/c1-35-20-11-14(27)8-13-10-19(36-25(13)20)23(32)21-22(12-2-7-17(28)18(29)9-12)31(26(34)24(21)33)16-5-3-15(30)4-6-16/h2-11,22,33H,1H3. The first-order chi connectivity index (χ1) is 17.2. The fourth-order valence-electron chi connectivity index (χ4n) is 4.19. The number of carbonyl (C=O) groups excluding carboxylic acids is 2. The van der Waals surface area contributed by atoms with Gasteiger partial charge in [-0.1, -0.05) is 40.9 Å². The third kappa shape index (κ3) is 3.99. The molecule has 1 unspecified atom stereocenters. The Hall–Kier alpha value is -3.52. The molecule has 0 spiro atoms. The second-order valence-corrected chi connectivity index (χ2v) is 9.21. The number of carbonyl (C=O) groups is 2. The average molecular weight is 547 g/mol. The van der Waals surface area contributed by atoms with Crippen LogP contribution in [-0.2, 0) is 4.79 Å². The van der Waals surface area contributed by atoms with Gasteiger partial charge in [-0.25, -0.2) is 4.39 Å². The first-order valence-corrected chi connectivity index (χ1v) is 11.6. The zero-order chi connectivity index (χ0) is 25.7. The van der Waals surface area contributed by atoms with Crippen LogP contribution >= 0.6 is 34.8 Å². The van der Waals surface area contributed by atoms with Crippen LogP contribution in [0, 0.1) is 5.82 Å². The minimum atomic E-state index is -1.11. The molecule has 0 saturated carbocycles. The number of aliphatic hydroxyl groups is 1. The molecule has 4 aromatic rings. The lowest BCUT2D eigenvalue weighted by Gasteiger charge is -2.27. The third-order valence-corrected chi connectivity index (χ3v) is 6.76. The van der Waals surface area contributed by atoms with Gasteiger partial charge in [0.1, 0.15) is 5.82 Å². The van der Waals surface area contributed by atoms with E-state index in [0.29, 0.717) is 21.7 Å². The normalized spacial score (nSPS) is 15.8. The zero-order valence-corrected chi connectivity index (χ0v) is 20.7. The second kappa shape index (κ2) is 9.17. The van der Waals surface area contributed by atoms with E-state index in [1.165, 1.54) is 60.5 Å². The Bertz CT molecular complexity index is 1580. The number of ether oxygens (including phenoxy) is 1. The lowest BCUT2D eigenvalue weighted by molar-refractivity contribution is -0.117. The molecule has 1 N–H and O–H groups in total. The lowest BCUT2D eigenvalue weighted by atomic mass is 9.94. The number of nitrogens with zero attached hydrogens (tertiary/aromatic N) is 1. The topological polar surface area (TPSA) is 80.0 Å². The van der Waals surface area contributed by atoms with Crippen molar-refractivity contribution < 1.29 is 28.2 Å². The third-order valence-electron chi connectivity index (χ3n) is 5.81. The molecular weight excluding hydrogens is 532 g/mol. The van der Waals surface area contributed by atoms with Crippen molar-refractivity contribution in [3.63, 3.8) is 0 Å². The summed E-state index contributed by atoms with van der Waals surface area (Å²) in [5, 5.41) is 12.2. The van der Waals surface area contributed by atoms with Gasteiger partial charge in [-0.3, -0.25) is 14.5 Å². The van der Waals surface area contributed by atoms with Crippen LogP contribution in [0.15, 0.2) is 76.4 Å². The van der Waals surface area contributed by atoms with Crippen LogP contribution < -0.4 is 9.64 Å². The van der Waals surface area contributed by atoms with Crippen LogP contribution in [0.25, 0.3) is 11.0 Å². The monoisotopic (exact) mass is 545 g/mol. The predicted octanol–water partition coefficient (Wildman–Crippen LogP) is 7.32. The molecule has 0 bridgehead atoms. The number of amides is 1. The molecular formula is C26H15Cl3FNO5. The van der Waals surface area contributed by atoms with E-state index in [9.17, 15) is 19.1 Å². The van der Waals surface area contributed by atoms with E-state index in [0.717, 1.165) is 0 Å². The van der Waals surface area contributed by atoms with E-state index >= 15 is 0 Å². The van der Waals surface area contributed by atoms with Crippen molar-refractivity contribution in [1.82, 2.24) is 0 Å². The number of halogens is 4. The molecule has 1 aromatic heterocycles. The minimum Gasteiger partial charge on any atom is -0.503 e. The van der Waals surface area contributed by atoms with Crippen LogP contribution in [0.1, 0.15) is 22.2 Å². The molecule has 0 aliphatic carbocycles. The maximum atomic E-state index is 13.7. The Labute approximate surface area is 219 Å². The molecule has 1 amide bonds. The highest BCUT2D eigenvalue weighted by Crippen LogP contribution is 2.44. The summed E-state index contributed by atoms with van der Waals surface area (Å²) in [5.74, 6) is -2.71. The first-order valence-electron chi connectivity index (χ1n) is 10.5. The molecule has 1 aliphatic heterocycles. The van der Waals surface area contributed by atoms with Gasteiger partial charge in [-0.2, -0.15) is 0 Å². The van der Waals surface area contributed by atoms with Gasteiger partial charge >= 0.3 is 0 Å². The summed E-state index contributed by atoms with van der Waals surface area (Å²) >= 11 is 18.4. The summed E-state index contributed by atoms with van der Waals surface area (Å²) < 4.78 is 24.7. The maximum Gasteiger partial charge on any atom is 0.294 e. The molecule has 0 fully saturated rings. The predicted molar refractivity (Wildman–Crippen MR) is 135 cm³/mol. The van der Waals surface area contributed by atoms with Gasteiger partial charge in [0.15, 0.2) is 22.9 Å². The first kappa shape index (κ1) is 24.2. The fraction of sp³-hybridized carbons (Fsp3) is 0.0769. The van der Waals surface area contributed by atoms with Gasteiger partial charge < -0.3 is 14.3 Å². The van der Waals surface area contributed by atoms with Gasteiger partial charge in [0, 0.05) is 22.2 Å². The largest absolute Gasteiger partial charge is 0.503 e. The Morgan fingerprint density at radius 2 is 1.75 bits per heavy atom. The van der Waals surface area contributed by atoms with E-state index in [4.69, 9.17) is 44.0 Å². The summed E-state index contributed by atoms with van der Waals surface area (Å²) in [5.41, 5.74) is 0.680. The highest BCUT2D eigenvalue weighted by molar-refractivity contribution is 6.42. The van der Waals surface area contributed by atoms with Crippen molar-refractivity contribution in [3.8, 4) is 5.75 Å². The number of benzene rings is 3. The number of Topliss-reactive ketones (excluding diaryl/α,β-unsaturated/α-hetero) is 1. The van der Waals surface area contributed by atoms with Crippen molar-refractivity contribution in [3.05, 3.63) is 104 Å². The lowest BCUT2D eigenvalue weighted by Crippen LogP contribution is -2.31. The Balaban J connectivity index is 1.68. The van der Waals surface area contributed by atoms with E-state index < -0.39 is 29.3 Å². The summed E-state index contributed by atoms with van der Waals surface area (Å²) in [4.78, 5) is 28.2. The smallest absolute Gasteiger partial charge is 0.294 e. The fourth-order valence-corrected chi connectivity index (χ4v) is 4.71. The molecule has 0 saturated heterocycles. The molecule has 6 nitrogen and oxygen atoms in total. The van der Waals surface area contributed by atoms with E-state index in [1.54, 1.807) is 12.1 Å². The van der Waals surface area contributed by atoms with Gasteiger partial charge in [-0.05, 0) is 54.1 Å². The van der Waals surface area contributed by atoms with Crippen LogP contribution in [0.5, 0.6) is 5.75 Å². The minimum absolute atomic E-state index is 0.147. The van der Waals surface area contributed by atoms with Crippen molar-refractivity contribution in [2.45, 2.75) is 6.04 Å². The van der Waals surface area contributed by atoms with Gasteiger partial charge in [0.2, 0.25) is 5.78 Å². The number of furan rings is 1. The number of ketones is 1. The van der Waals surface area contributed by atoms with Gasteiger partial charge in [-0.15, -0.1) is 0 Å². The van der Waals surface area contributed by atoms with Crippen LogP contribution in [0.4, 0.5) is 10.1 Å². The Morgan fingerprint density at radius 3 is 2.42 bits per heavy atom. The Morgan fingerprint density at radius 1 is 1.03 bits per heavy atom. The van der Waals surface area contributed by atoms with E-state index in [-0.39, 0.29) is 32.6 Å². The molecule has 0 radical (unpaired) electrons. The van der Waals surface area contributed by atoms with Crippen molar-refractivity contribution in [1.29, 1.82) is 0 Å². The highest BCUT2D eigenvalue weighted by atomic mass is 35.5. The van der Waals surface area contributed by atoms with Crippen LogP contribution in [0.2, 0.25) is 15.1 Å². The van der Waals surface area contributed by atoms with Gasteiger partial charge in [0.05, 0.1) is 28.8 Å². The Kier molecular flexibility index (Phi) is 6.16. The molecule has 5 rings (SSSR count).